The fourth-order valence-electron chi connectivity index (χ4n) is 14.3. The van der Waals surface area contributed by atoms with Gasteiger partial charge < -0.3 is 60.3 Å². The zero-order valence-corrected chi connectivity index (χ0v) is 53.3. The molecule has 1 saturated carbocycles. The Morgan fingerprint density at radius 3 is 1.57 bits per heavy atom. The summed E-state index contributed by atoms with van der Waals surface area (Å²) < 4.78 is 32.6. The number of aryl methyl sites for hydroxylation is 1. The second-order valence-corrected chi connectivity index (χ2v) is 25.8. The fraction of sp³-hybridized carbons (Fsp3) is 0.435. The summed E-state index contributed by atoms with van der Waals surface area (Å²) in [4.78, 5) is 97.9. The van der Waals surface area contributed by atoms with Crippen LogP contribution in [0.25, 0.3) is 0 Å². The molecular weight excluding hydrogens is 1240 g/mol. The van der Waals surface area contributed by atoms with E-state index in [4.69, 9.17) is 28.4 Å². The van der Waals surface area contributed by atoms with E-state index in [1.165, 1.54) is 42.5 Å². The van der Waals surface area contributed by atoms with Gasteiger partial charge in [-0.15, -0.1) is 0 Å². The van der Waals surface area contributed by atoms with E-state index in [1.807, 2.05) is 24.4 Å². The van der Waals surface area contributed by atoms with Crippen LogP contribution in [0.4, 0.5) is 49.3 Å². The van der Waals surface area contributed by atoms with Gasteiger partial charge in [-0.1, -0.05) is 12.1 Å². The number of cyclic esters (lactones) is 3. The van der Waals surface area contributed by atoms with Crippen LogP contribution in [0.5, 0.6) is 17.2 Å². The molecule has 16 rings (SSSR count). The van der Waals surface area contributed by atoms with Crippen molar-refractivity contribution < 1.29 is 57.2 Å². The second kappa shape index (κ2) is 28.0. The summed E-state index contributed by atoms with van der Waals surface area (Å²) in [5.41, 5.74) is 9.97. The van der Waals surface area contributed by atoms with Crippen molar-refractivity contribution in [3.05, 3.63) is 129 Å². The molecule has 4 aliphatic carbocycles. The standard InChI is InChI=1S/C25H25N5O4.C22H22N6O4.C22H25N5O4/c26-10-16-3-1-2-15-6-14(7-19(15)16)11-27-18-8-17(9-18)21-12-30(25(32)34-21)22-5-4-20-24(28-22)29-23(31)13-33-20;23-10-17-16-9-14(8-13(16)5-7-25-17)24-6-1-2-15-11-28(22(30)32-15)19-4-3-18-21(26-19)27-20(29)12-31-18;1-13-17-10-15(9-14(17)6-8-23-13)24-7-2-3-16-11-27(22(29)31-16)19-5-4-18-21(25-19)26-20(28)12-30-18/h1-5,14,17-18,21,27H,6-9,11-13H2,(H,28,29,31);3-5,7,14-15,24H,1-2,6,8-9,11-12H2,(H,26,27,29);4-6,8,15-16,24H,2-3,7,9-12H2,1H3,(H,25,26,28). The Balaban J connectivity index is 0.000000125. The first-order valence-corrected chi connectivity index (χ1v) is 33.0. The maximum Gasteiger partial charge on any atom is 0.415 e. The largest absolute Gasteiger partial charge is 0.480 e. The van der Waals surface area contributed by atoms with Crippen LogP contribution in [0.15, 0.2) is 79.1 Å². The monoisotopic (exact) mass is 1320 g/mol. The van der Waals surface area contributed by atoms with Gasteiger partial charge in [-0.2, -0.15) is 10.5 Å². The van der Waals surface area contributed by atoms with Crippen molar-refractivity contribution in [2.24, 2.45) is 11.8 Å². The average molecular weight is 1320 g/mol. The Morgan fingerprint density at radius 1 is 0.526 bits per heavy atom. The van der Waals surface area contributed by atoms with E-state index in [2.05, 4.69) is 88.0 Å². The topological polar surface area (TPSA) is 352 Å². The zero-order chi connectivity index (χ0) is 66.7. The molecule has 0 bridgehead atoms. The lowest BCUT2D eigenvalue weighted by Gasteiger charge is -2.38. The number of nitrogens with one attached hydrogen (secondary N) is 6. The maximum atomic E-state index is 12.5. The van der Waals surface area contributed by atoms with Crippen molar-refractivity contribution in [1.29, 1.82) is 10.5 Å². The van der Waals surface area contributed by atoms with E-state index in [9.17, 15) is 39.3 Å². The smallest absolute Gasteiger partial charge is 0.415 e. The molecule has 97 heavy (non-hydrogen) atoms. The maximum absolute atomic E-state index is 12.5. The van der Waals surface area contributed by atoms with Crippen molar-refractivity contribution >= 4 is 70.9 Å². The van der Waals surface area contributed by atoms with Crippen molar-refractivity contribution in [3.63, 3.8) is 0 Å². The number of pyridine rings is 5. The Morgan fingerprint density at radius 2 is 1.03 bits per heavy atom. The van der Waals surface area contributed by atoms with Gasteiger partial charge in [0.15, 0.2) is 54.5 Å². The predicted molar refractivity (Wildman–Crippen MR) is 349 cm³/mol. The number of hydrogen-bond donors (Lipinski definition) is 6. The molecule has 6 amide bonds. The van der Waals surface area contributed by atoms with Crippen LogP contribution < -0.4 is 60.8 Å². The average Bonchev–Trinajstić information content (AvgIpc) is 1.77. The van der Waals surface area contributed by atoms with Crippen LogP contribution >= 0.6 is 0 Å². The normalized spacial score (nSPS) is 23.5. The molecule has 6 aromatic rings. The summed E-state index contributed by atoms with van der Waals surface area (Å²) in [6, 6.07) is 25.9. The number of aromatic nitrogens is 5. The van der Waals surface area contributed by atoms with E-state index in [0.717, 1.165) is 114 Å². The first-order chi connectivity index (χ1) is 47.2. The van der Waals surface area contributed by atoms with E-state index < -0.39 is 18.3 Å². The van der Waals surface area contributed by atoms with Gasteiger partial charge in [0.2, 0.25) is 0 Å². The molecule has 10 aliphatic rings. The zero-order valence-electron chi connectivity index (χ0n) is 53.3. The van der Waals surface area contributed by atoms with Crippen LogP contribution in [0.1, 0.15) is 88.9 Å². The molecule has 3 saturated heterocycles. The Labute approximate surface area is 558 Å². The molecule has 4 fully saturated rings. The SMILES string of the molecule is Cc1nccc2c1CC(NCCCC1CN(c3ccc4c(n3)NC(=O)CO4)C(=O)O1)C2.N#Cc1cccc2c1CC(CNC1CC(C3CN(c4ccc5c(n4)NC(=O)CO5)C(=O)O3)C1)C2.N#Cc1nccc2c1CC(NCCCC1CN(c3ccc4c(n3)NC(=O)CO4)C(=O)O1)C2. The molecule has 0 spiro atoms. The van der Waals surface area contributed by atoms with Gasteiger partial charge in [0.05, 0.1) is 31.3 Å². The number of rotatable bonds is 17. The van der Waals surface area contributed by atoms with Gasteiger partial charge in [-0.05, 0) is 198 Å². The van der Waals surface area contributed by atoms with E-state index >= 15 is 0 Å². The van der Waals surface area contributed by atoms with Gasteiger partial charge in [-0.25, -0.2) is 34.3 Å². The van der Waals surface area contributed by atoms with Crippen molar-refractivity contribution in [2.45, 2.75) is 120 Å². The molecule has 6 atom stereocenters. The molecular formula is C69H72N16O12. The number of anilines is 6. The van der Waals surface area contributed by atoms with Gasteiger partial charge >= 0.3 is 18.3 Å². The van der Waals surface area contributed by atoms with Crippen LogP contribution in [0.2, 0.25) is 0 Å². The van der Waals surface area contributed by atoms with Crippen LogP contribution in [0.3, 0.4) is 0 Å². The number of carbonyl (C=O) groups is 6. The van der Waals surface area contributed by atoms with E-state index in [0.29, 0.717) is 107 Å². The van der Waals surface area contributed by atoms with Crippen molar-refractivity contribution in [3.8, 4) is 29.4 Å². The molecule has 1 aromatic carbocycles. The Kier molecular flexibility index (Phi) is 18.4. The lowest BCUT2D eigenvalue weighted by Crippen LogP contribution is -2.48. The van der Waals surface area contributed by atoms with Crippen molar-refractivity contribution in [2.75, 3.05) is 89.7 Å². The van der Waals surface area contributed by atoms with Gasteiger partial charge in [-0.3, -0.25) is 34.1 Å². The van der Waals surface area contributed by atoms with Crippen molar-refractivity contribution in [1.82, 2.24) is 40.9 Å². The molecule has 11 heterocycles. The Hall–Kier alpha value is -10.6. The number of carbonyl (C=O) groups excluding carboxylic acids is 6. The summed E-state index contributed by atoms with van der Waals surface area (Å²) in [6.45, 7) is 5.87. The Bertz CT molecular complexity index is 4170. The number of benzene rings is 1. The number of nitriles is 2. The molecule has 0 radical (unpaired) electrons. The van der Waals surface area contributed by atoms with Gasteiger partial charge in [0.1, 0.15) is 47.5 Å². The minimum atomic E-state index is -0.443. The lowest BCUT2D eigenvalue weighted by atomic mass is 9.76. The first-order valence-electron chi connectivity index (χ1n) is 33.0. The minimum absolute atomic E-state index is 0.0284. The quantitative estimate of drug-likeness (QED) is 0.0456. The molecule has 28 heteroatoms. The third kappa shape index (κ3) is 14.2. The highest BCUT2D eigenvalue weighted by Gasteiger charge is 2.45. The minimum Gasteiger partial charge on any atom is -0.480 e. The highest BCUT2D eigenvalue weighted by Crippen LogP contribution is 2.39. The fourth-order valence-corrected chi connectivity index (χ4v) is 14.3. The third-order valence-electron chi connectivity index (χ3n) is 19.3. The van der Waals surface area contributed by atoms with Gasteiger partial charge in [0.25, 0.3) is 17.7 Å². The van der Waals surface area contributed by atoms with E-state index in [1.54, 1.807) is 42.6 Å². The first kappa shape index (κ1) is 63.8. The number of amides is 6. The second-order valence-electron chi connectivity index (χ2n) is 25.8. The summed E-state index contributed by atoms with van der Waals surface area (Å²) >= 11 is 0. The van der Waals surface area contributed by atoms with Crippen LogP contribution in [-0.2, 0) is 67.1 Å². The van der Waals surface area contributed by atoms with Crippen LogP contribution in [-0.4, -0.2) is 156 Å². The lowest BCUT2D eigenvalue weighted by molar-refractivity contribution is -0.119. The number of ether oxygens (including phenoxy) is 6. The highest BCUT2D eigenvalue weighted by molar-refractivity contribution is 5.97. The van der Waals surface area contributed by atoms with Gasteiger partial charge in [0, 0.05) is 42.1 Å². The molecule has 6 unspecified atom stereocenters. The predicted octanol–water partition coefficient (Wildman–Crippen LogP) is 5.91. The number of hydrogen-bond acceptors (Lipinski definition) is 22. The summed E-state index contributed by atoms with van der Waals surface area (Å²) in [6.07, 6.45) is 12.7. The molecule has 6 N–H and O–H groups in total. The molecule has 500 valence electrons. The molecule has 5 aromatic heterocycles. The number of fused-ring (bicyclic) bond motifs is 6. The highest BCUT2D eigenvalue weighted by atomic mass is 16.6. The summed E-state index contributed by atoms with van der Waals surface area (Å²) in [5, 5.41) is 37.4. The number of nitrogens with zero attached hydrogens (tertiary/aromatic N) is 10. The van der Waals surface area contributed by atoms with E-state index in [-0.39, 0.29) is 55.9 Å². The summed E-state index contributed by atoms with van der Waals surface area (Å²) in [5.74, 6) is 3.79. The molecule has 28 nitrogen and oxygen atoms in total. The summed E-state index contributed by atoms with van der Waals surface area (Å²) in [7, 11) is 0. The molecule has 6 aliphatic heterocycles. The van der Waals surface area contributed by atoms with Crippen LogP contribution in [0, 0.1) is 41.4 Å². The third-order valence-corrected chi connectivity index (χ3v) is 19.3.